The maximum absolute atomic E-state index is 12.5. The molecule has 0 fully saturated rings. The van der Waals surface area contributed by atoms with Gasteiger partial charge >= 0.3 is 6.18 Å². The molecule has 1 heterocycles. The van der Waals surface area contributed by atoms with Crippen LogP contribution in [-0.2, 0) is 6.18 Å². The Morgan fingerprint density at radius 2 is 2.00 bits per heavy atom. The number of halogens is 3. The van der Waals surface area contributed by atoms with Crippen molar-refractivity contribution < 1.29 is 18.3 Å². The number of hydrogen-bond donors (Lipinski definition) is 1. The number of aliphatic hydroxyl groups excluding tert-OH is 1. The summed E-state index contributed by atoms with van der Waals surface area (Å²) in [5.41, 5.74) is -1.60. The summed E-state index contributed by atoms with van der Waals surface area (Å²) in [6.07, 6.45) is -4.56. The first-order valence-corrected chi connectivity index (χ1v) is 7.43. The average molecular weight is 308 g/mol. The molecule has 0 saturated heterocycles. The first-order valence-electron chi connectivity index (χ1n) is 5.28. The van der Waals surface area contributed by atoms with Crippen LogP contribution in [0.3, 0.4) is 0 Å². The standard InChI is InChI=1S/C11H11F3N2OS2/c12-11(13,14)8-1-2-10(16-9(8)7-15)19-6-5-18-4-3-17/h1-2,17H,3-6H2. The van der Waals surface area contributed by atoms with Gasteiger partial charge in [-0.15, -0.1) is 11.8 Å². The minimum absolute atomic E-state index is 0.104. The van der Waals surface area contributed by atoms with Crippen LogP contribution < -0.4 is 0 Å². The molecular formula is C11H11F3N2OS2. The zero-order chi connectivity index (χ0) is 14.3. The van der Waals surface area contributed by atoms with Gasteiger partial charge in [0.1, 0.15) is 6.07 Å². The number of aliphatic hydroxyl groups is 1. The van der Waals surface area contributed by atoms with Gasteiger partial charge in [0.05, 0.1) is 17.2 Å². The molecule has 0 saturated carbocycles. The molecule has 0 spiro atoms. The molecule has 1 rings (SSSR count). The molecule has 3 nitrogen and oxygen atoms in total. The number of hydrogen-bond acceptors (Lipinski definition) is 5. The average Bonchev–Trinajstić information content (AvgIpc) is 2.37. The zero-order valence-corrected chi connectivity index (χ0v) is 11.4. The second-order valence-electron chi connectivity index (χ2n) is 3.34. The van der Waals surface area contributed by atoms with Crippen molar-refractivity contribution in [2.45, 2.75) is 11.2 Å². The van der Waals surface area contributed by atoms with E-state index in [1.54, 1.807) is 11.8 Å². The lowest BCUT2D eigenvalue weighted by molar-refractivity contribution is -0.138. The molecule has 0 atom stereocenters. The molecule has 1 N–H and O–H groups in total. The highest BCUT2D eigenvalue weighted by Crippen LogP contribution is 2.32. The number of nitriles is 1. The Morgan fingerprint density at radius 3 is 2.58 bits per heavy atom. The minimum Gasteiger partial charge on any atom is -0.396 e. The predicted molar refractivity (Wildman–Crippen MR) is 69.1 cm³/mol. The second kappa shape index (κ2) is 7.62. The van der Waals surface area contributed by atoms with Gasteiger partial charge in [0.15, 0.2) is 5.69 Å². The van der Waals surface area contributed by atoms with E-state index in [-0.39, 0.29) is 6.61 Å². The smallest absolute Gasteiger partial charge is 0.396 e. The lowest BCUT2D eigenvalue weighted by Crippen LogP contribution is -2.09. The molecule has 1 aromatic rings. The lowest BCUT2D eigenvalue weighted by atomic mass is 10.2. The fourth-order valence-corrected chi connectivity index (χ4v) is 2.87. The molecule has 0 aliphatic carbocycles. The first kappa shape index (κ1) is 16.1. The molecule has 1 aromatic heterocycles. The van der Waals surface area contributed by atoms with E-state index in [1.165, 1.54) is 23.9 Å². The van der Waals surface area contributed by atoms with Gasteiger partial charge in [0.25, 0.3) is 0 Å². The third-order valence-corrected chi connectivity index (χ3v) is 4.15. The highest BCUT2D eigenvalue weighted by molar-refractivity contribution is 8.02. The van der Waals surface area contributed by atoms with E-state index < -0.39 is 17.4 Å². The molecule has 0 radical (unpaired) electrons. The van der Waals surface area contributed by atoms with Gasteiger partial charge in [-0.2, -0.15) is 30.2 Å². The predicted octanol–water partition coefficient (Wildman–Crippen LogP) is 2.79. The van der Waals surface area contributed by atoms with Gasteiger partial charge in [-0.25, -0.2) is 4.98 Å². The monoisotopic (exact) mass is 308 g/mol. The molecular weight excluding hydrogens is 297 g/mol. The summed E-state index contributed by atoms with van der Waals surface area (Å²) < 4.78 is 37.6. The highest BCUT2D eigenvalue weighted by Gasteiger charge is 2.34. The van der Waals surface area contributed by atoms with Gasteiger partial charge in [-0.05, 0) is 12.1 Å². The fraction of sp³-hybridized carbons (Fsp3) is 0.455. The third kappa shape index (κ3) is 5.30. The van der Waals surface area contributed by atoms with Crippen LogP contribution in [0.15, 0.2) is 17.2 Å². The largest absolute Gasteiger partial charge is 0.419 e. The number of nitrogens with zero attached hydrogens (tertiary/aromatic N) is 2. The summed E-state index contributed by atoms with van der Waals surface area (Å²) in [6, 6.07) is 3.62. The summed E-state index contributed by atoms with van der Waals surface area (Å²) in [4.78, 5) is 3.70. The first-order chi connectivity index (χ1) is 8.99. The number of pyridine rings is 1. The molecule has 19 heavy (non-hydrogen) atoms. The van der Waals surface area contributed by atoms with E-state index in [4.69, 9.17) is 10.4 Å². The van der Waals surface area contributed by atoms with Crippen LogP contribution in [0.2, 0.25) is 0 Å². The zero-order valence-electron chi connectivity index (χ0n) is 9.78. The molecule has 8 heteroatoms. The number of thioether (sulfide) groups is 2. The van der Waals surface area contributed by atoms with Crippen molar-refractivity contribution in [1.29, 1.82) is 5.26 Å². The van der Waals surface area contributed by atoms with Crippen molar-refractivity contribution in [2.24, 2.45) is 0 Å². The Labute approximate surface area is 117 Å². The Kier molecular flexibility index (Phi) is 6.48. The van der Waals surface area contributed by atoms with Gasteiger partial charge < -0.3 is 5.11 Å². The van der Waals surface area contributed by atoms with E-state index in [2.05, 4.69) is 4.98 Å². The number of alkyl halides is 3. The van der Waals surface area contributed by atoms with Crippen LogP contribution in [0.4, 0.5) is 13.2 Å². The van der Waals surface area contributed by atoms with Crippen LogP contribution in [0.1, 0.15) is 11.3 Å². The highest BCUT2D eigenvalue weighted by atomic mass is 32.2. The minimum atomic E-state index is -4.56. The molecule has 0 aliphatic rings. The Bertz CT molecular complexity index is 460. The van der Waals surface area contributed by atoms with Crippen molar-refractivity contribution in [3.63, 3.8) is 0 Å². The van der Waals surface area contributed by atoms with Gasteiger partial charge in [0, 0.05) is 17.3 Å². The molecule has 0 bridgehead atoms. The van der Waals surface area contributed by atoms with E-state index in [1.807, 2.05) is 0 Å². The summed E-state index contributed by atoms with van der Waals surface area (Å²) in [5.74, 6) is 2.05. The number of aromatic nitrogens is 1. The fourth-order valence-electron chi connectivity index (χ4n) is 1.21. The van der Waals surface area contributed by atoms with E-state index in [9.17, 15) is 13.2 Å². The van der Waals surface area contributed by atoms with Gasteiger partial charge in [0.2, 0.25) is 0 Å². The van der Waals surface area contributed by atoms with Crippen molar-refractivity contribution in [2.75, 3.05) is 23.9 Å². The maximum Gasteiger partial charge on any atom is 0.419 e. The molecule has 0 amide bonds. The molecule has 0 aromatic carbocycles. The Morgan fingerprint density at radius 1 is 1.26 bits per heavy atom. The summed E-state index contributed by atoms with van der Waals surface area (Å²) in [6.45, 7) is 0.104. The van der Waals surface area contributed by atoms with Crippen LogP contribution >= 0.6 is 23.5 Å². The lowest BCUT2D eigenvalue weighted by Gasteiger charge is -2.09. The van der Waals surface area contributed by atoms with Crippen LogP contribution in [0.5, 0.6) is 0 Å². The molecule has 104 valence electrons. The summed E-state index contributed by atoms with van der Waals surface area (Å²) >= 11 is 2.83. The quantitative estimate of drug-likeness (QED) is 0.647. The van der Waals surface area contributed by atoms with E-state index in [0.29, 0.717) is 16.5 Å². The van der Waals surface area contributed by atoms with E-state index >= 15 is 0 Å². The third-order valence-electron chi connectivity index (χ3n) is 1.99. The van der Waals surface area contributed by atoms with Crippen molar-refractivity contribution in [3.8, 4) is 6.07 Å². The second-order valence-corrected chi connectivity index (χ2v) is 5.68. The van der Waals surface area contributed by atoms with Crippen molar-refractivity contribution in [1.82, 2.24) is 4.98 Å². The van der Waals surface area contributed by atoms with Crippen molar-refractivity contribution >= 4 is 23.5 Å². The SMILES string of the molecule is N#Cc1nc(SCCSCCO)ccc1C(F)(F)F. The van der Waals surface area contributed by atoms with Crippen LogP contribution in [0, 0.1) is 11.3 Å². The van der Waals surface area contributed by atoms with Gasteiger partial charge in [-0.3, -0.25) is 0 Å². The number of rotatable bonds is 6. The Hall–Kier alpha value is -0.910. The summed E-state index contributed by atoms with van der Waals surface area (Å²) in [7, 11) is 0. The maximum atomic E-state index is 12.5. The van der Waals surface area contributed by atoms with Crippen LogP contribution in [0.25, 0.3) is 0 Å². The Balaban J connectivity index is 2.65. The van der Waals surface area contributed by atoms with Gasteiger partial charge in [-0.1, -0.05) is 0 Å². The van der Waals surface area contributed by atoms with E-state index in [0.717, 1.165) is 11.8 Å². The summed E-state index contributed by atoms with van der Waals surface area (Å²) in [5, 5.41) is 17.7. The molecule has 0 unspecified atom stereocenters. The topological polar surface area (TPSA) is 56.9 Å². The van der Waals surface area contributed by atoms with Crippen LogP contribution in [-0.4, -0.2) is 34.0 Å². The normalized spacial score (nSPS) is 11.3. The molecule has 0 aliphatic heterocycles. The van der Waals surface area contributed by atoms with Crippen molar-refractivity contribution in [3.05, 3.63) is 23.4 Å².